The summed E-state index contributed by atoms with van der Waals surface area (Å²) in [5, 5.41) is 3.86. The van der Waals surface area contributed by atoms with E-state index in [1.165, 1.54) is 0 Å². The number of ether oxygens (including phenoxy) is 2. The predicted molar refractivity (Wildman–Crippen MR) is 82.9 cm³/mol. The van der Waals surface area contributed by atoms with Gasteiger partial charge in [0, 0.05) is 26.1 Å². The van der Waals surface area contributed by atoms with Gasteiger partial charge in [-0.3, -0.25) is 4.90 Å². The van der Waals surface area contributed by atoms with Crippen molar-refractivity contribution in [3.63, 3.8) is 0 Å². The number of nitrogens with zero attached hydrogens (tertiary/aromatic N) is 4. The molecule has 0 radical (unpaired) electrons. The van der Waals surface area contributed by atoms with Crippen LogP contribution < -0.4 is 4.74 Å². The van der Waals surface area contributed by atoms with Crippen LogP contribution in [0.25, 0.3) is 0 Å². The summed E-state index contributed by atoms with van der Waals surface area (Å²) in [5.41, 5.74) is 1.01. The van der Waals surface area contributed by atoms with Crippen LogP contribution >= 0.6 is 0 Å². The van der Waals surface area contributed by atoms with Crippen molar-refractivity contribution in [2.75, 3.05) is 20.2 Å². The minimum atomic E-state index is 0.188. The standard InChI is InChI=1S/C16H22N4O3/c1-12-17-15(19-23-12)11-22-14-6-4-8-20(10-14)9-13-5-3-7-16(18-13)21-2/h3,5,7,14H,4,6,8-11H2,1-2H3. The lowest BCUT2D eigenvalue weighted by atomic mass is 10.1. The fourth-order valence-electron chi connectivity index (χ4n) is 2.77. The number of aromatic nitrogens is 3. The van der Waals surface area contributed by atoms with E-state index in [1.54, 1.807) is 14.0 Å². The van der Waals surface area contributed by atoms with Crippen LogP contribution in [0.3, 0.4) is 0 Å². The molecule has 2 aromatic heterocycles. The van der Waals surface area contributed by atoms with E-state index < -0.39 is 0 Å². The SMILES string of the molecule is COc1cccc(CN2CCCC(OCc3noc(C)n3)C2)n1. The highest BCUT2D eigenvalue weighted by Crippen LogP contribution is 2.17. The topological polar surface area (TPSA) is 73.5 Å². The Morgan fingerprint density at radius 2 is 2.26 bits per heavy atom. The summed E-state index contributed by atoms with van der Waals surface area (Å²) in [6.07, 6.45) is 2.35. The minimum absolute atomic E-state index is 0.188. The number of aryl methyl sites for hydroxylation is 1. The fourth-order valence-corrected chi connectivity index (χ4v) is 2.77. The van der Waals surface area contributed by atoms with Crippen molar-refractivity contribution >= 4 is 0 Å². The molecular formula is C16H22N4O3. The van der Waals surface area contributed by atoms with Gasteiger partial charge in [-0.05, 0) is 25.5 Å². The van der Waals surface area contributed by atoms with Gasteiger partial charge < -0.3 is 14.0 Å². The van der Waals surface area contributed by atoms with Crippen LogP contribution in [0.4, 0.5) is 0 Å². The Bertz CT molecular complexity index is 631. The molecule has 1 fully saturated rings. The molecule has 0 aliphatic carbocycles. The van der Waals surface area contributed by atoms with Crippen LogP contribution in [-0.2, 0) is 17.9 Å². The van der Waals surface area contributed by atoms with Crippen molar-refractivity contribution in [1.82, 2.24) is 20.0 Å². The van der Waals surface area contributed by atoms with E-state index in [-0.39, 0.29) is 6.10 Å². The molecule has 1 unspecified atom stereocenters. The zero-order chi connectivity index (χ0) is 16.1. The van der Waals surface area contributed by atoms with E-state index in [2.05, 4.69) is 20.0 Å². The lowest BCUT2D eigenvalue weighted by Crippen LogP contribution is -2.39. The van der Waals surface area contributed by atoms with E-state index in [0.717, 1.165) is 38.2 Å². The summed E-state index contributed by atoms with van der Waals surface area (Å²) in [7, 11) is 1.64. The molecule has 7 nitrogen and oxygen atoms in total. The summed E-state index contributed by atoms with van der Waals surface area (Å²) in [4.78, 5) is 11.0. The molecule has 0 saturated carbocycles. The van der Waals surface area contributed by atoms with Gasteiger partial charge in [0.2, 0.25) is 11.8 Å². The van der Waals surface area contributed by atoms with Gasteiger partial charge in [-0.15, -0.1) is 0 Å². The molecule has 7 heteroatoms. The average Bonchev–Trinajstić information content (AvgIpc) is 2.99. The van der Waals surface area contributed by atoms with Gasteiger partial charge in [-0.1, -0.05) is 11.2 Å². The van der Waals surface area contributed by atoms with Gasteiger partial charge in [0.1, 0.15) is 6.61 Å². The number of pyridine rings is 1. The molecule has 1 saturated heterocycles. The molecule has 1 aliphatic rings. The second-order valence-electron chi connectivity index (χ2n) is 5.71. The van der Waals surface area contributed by atoms with Crippen LogP contribution in [-0.4, -0.2) is 46.3 Å². The Labute approximate surface area is 135 Å². The highest BCUT2D eigenvalue weighted by atomic mass is 16.5. The molecule has 3 rings (SSSR count). The lowest BCUT2D eigenvalue weighted by Gasteiger charge is -2.32. The van der Waals surface area contributed by atoms with Crippen molar-refractivity contribution in [1.29, 1.82) is 0 Å². The van der Waals surface area contributed by atoms with Gasteiger partial charge in [0.15, 0.2) is 5.82 Å². The van der Waals surface area contributed by atoms with Crippen LogP contribution in [0, 0.1) is 6.92 Å². The molecule has 0 amide bonds. The Morgan fingerprint density at radius 1 is 1.35 bits per heavy atom. The van der Waals surface area contributed by atoms with Crippen LogP contribution in [0.2, 0.25) is 0 Å². The monoisotopic (exact) mass is 318 g/mol. The van der Waals surface area contributed by atoms with Crippen molar-refractivity contribution in [2.45, 2.75) is 39.0 Å². The number of rotatable bonds is 6. The smallest absolute Gasteiger partial charge is 0.223 e. The second kappa shape index (κ2) is 7.52. The van der Waals surface area contributed by atoms with E-state index >= 15 is 0 Å². The van der Waals surface area contributed by atoms with E-state index in [0.29, 0.717) is 24.2 Å². The highest BCUT2D eigenvalue weighted by Gasteiger charge is 2.21. The molecule has 0 bridgehead atoms. The van der Waals surface area contributed by atoms with Gasteiger partial charge in [-0.25, -0.2) is 4.98 Å². The third-order valence-corrected chi connectivity index (χ3v) is 3.86. The normalized spacial score (nSPS) is 19.0. The van der Waals surface area contributed by atoms with Gasteiger partial charge in [0.25, 0.3) is 0 Å². The Kier molecular flexibility index (Phi) is 5.19. The van der Waals surface area contributed by atoms with Gasteiger partial charge >= 0.3 is 0 Å². The zero-order valence-corrected chi connectivity index (χ0v) is 13.6. The van der Waals surface area contributed by atoms with E-state index in [1.807, 2.05) is 18.2 Å². The number of hydrogen-bond donors (Lipinski definition) is 0. The molecule has 0 N–H and O–H groups in total. The first-order valence-electron chi connectivity index (χ1n) is 7.86. The molecule has 2 aromatic rings. The highest BCUT2D eigenvalue weighted by molar-refractivity contribution is 5.15. The quantitative estimate of drug-likeness (QED) is 0.806. The van der Waals surface area contributed by atoms with Crippen molar-refractivity contribution in [2.24, 2.45) is 0 Å². The zero-order valence-electron chi connectivity index (χ0n) is 13.6. The van der Waals surface area contributed by atoms with Crippen LogP contribution in [0.1, 0.15) is 30.3 Å². The molecule has 23 heavy (non-hydrogen) atoms. The fraction of sp³-hybridized carbons (Fsp3) is 0.562. The molecule has 1 atom stereocenters. The van der Waals surface area contributed by atoms with Crippen LogP contribution in [0.5, 0.6) is 5.88 Å². The second-order valence-corrected chi connectivity index (χ2v) is 5.71. The number of methoxy groups -OCH3 is 1. The molecule has 0 spiro atoms. The summed E-state index contributed by atoms with van der Waals surface area (Å²) in [6.45, 7) is 4.92. The maximum atomic E-state index is 5.92. The summed E-state index contributed by atoms with van der Waals surface area (Å²) in [5.74, 6) is 1.83. The summed E-state index contributed by atoms with van der Waals surface area (Å²) >= 11 is 0. The maximum absolute atomic E-state index is 5.92. The van der Waals surface area contributed by atoms with Crippen LogP contribution in [0.15, 0.2) is 22.7 Å². The summed E-state index contributed by atoms with van der Waals surface area (Å²) < 4.78 is 16.1. The van der Waals surface area contributed by atoms with Crippen molar-refractivity contribution in [3.8, 4) is 5.88 Å². The third-order valence-electron chi connectivity index (χ3n) is 3.86. The first-order chi connectivity index (χ1) is 11.2. The number of likely N-dealkylation sites (tertiary alicyclic amines) is 1. The van der Waals surface area contributed by atoms with Gasteiger partial charge in [0.05, 0.1) is 18.9 Å². The third kappa shape index (κ3) is 4.49. The molecule has 3 heterocycles. The van der Waals surface area contributed by atoms with Crippen molar-refractivity contribution < 1.29 is 14.0 Å². The molecule has 124 valence electrons. The molecule has 0 aromatic carbocycles. The number of piperidine rings is 1. The Morgan fingerprint density at radius 3 is 3.04 bits per heavy atom. The largest absolute Gasteiger partial charge is 0.481 e. The van der Waals surface area contributed by atoms with E-state index in [4.69, 9.17) is 14.0 Å². The first-order valence-corrected chi connectivity index (χ1v) is 7.86. The van der Waals surface area contributed by atoms with E-state index in [9.17, 15) is 0 Å². The Balaban J connectivity index is 1.51. The lowest BCUT2D eigenvalue weighted by molar-refractivity contribution is -0.0154. The van der Waals surface area contributed by atoms with Crippen molar-refractivity contribution in [3.05, 3.63) is 35.6 Å². The predicted octanol–water partition coefficient (Wildman–Crippen LogP) is 1.96. The summed E-state index contributed by atoms with van der Waals surface area (Å²) in [6, 6.07) is 5.85. The number of hydrogen-bond acceptors (Lipinski definition) is 7. The van der Waals surface area contributed by atoms with Gasteiger partial charge in [-0.2, -0.15) is 4.98 Å². The molecule has 1 aliphatic heterocycles. The first kappa shape index (κ1) is 15.9. The average molecular weight is 318 g/mol. The minimum Gasteiger partial charge on any atom is -0.481 e. The molecular weight excluding hydrogens is 296 g/mol. The Hall–Kier alpha value is -1.99. The maximum Gasteiger partial charge on any atom is 0.223 e.